The average molecular weight is 805 g/mol. The molecule has 0 aromatic heterocycles. The molecule has 0 spiro atoms. The number of imide groups is 1. The zero-order valence-electron chi connectivity index (χ0n) is 33.2. The van der Waals surface area contributed by atoms with Crippen molar-refractivity contribution < 1.29 is 23.8 Å². The molecule has 0 saturated carbocycles. The second-order valence-corrected chi connectivity index (χ2v) is 16.8. The quantitative estimate of drug-likeness (QED) is 0.0801. The van der Waals surface area contributed by atoms with Crippen molar-refractivity contribution in [3.05, 3.63) is 130 Å². The normalized spacial score (nSPS) is 20.5. The van der Waals surface area contributed by atoms with E-state index in [1.165, 1.54) is 12.8 Å². The van der Waals surface area contributed by atoms with Crippen LogP contribution in [0.25, 0.3) is 11.1 Å². The Labute approximate surface area is 346 Å². The molecule has 0 bridgehead atoms. The summed E-state index contributed by atoms with van der Waals surface area (Å²) in [4.78, 5) is 31.3. The fraction of sp³-hybridized carbons (Fsp3) is 0.417. The van der Waals surface area contributed by atoms with Gasteiger partial charge in [-0.3, -0.25) is 24.7 Å². The van der Waals surface area contributed by atoms with Gasteiger partial charge in [0, 0.05) is 38.5 Å². The van der Waals surface area contributed by atoms with E-state index in [0.29, 0.717) is 50.8 Å². The molecular weight excluding hydrogens is 751 g/mol. The van der Waals surface area contributed by atoms with E-state index in [2.05, 4.69) is 50.3 Å². The van der Waals surface area contributed by atoms with Crippen molar-refractivity contribution in [2.24, 2.45) is 5.92 Å². The molecule has 304 valence electrons. The van der Waals surface area contributed by atoms with Gasteiger partial charge in [0.1, 0.15) is 23.9 Å². The molecular formula is C48H54ClFN4O4. The molecule has 0 aliphatic carbocycles. The van der Waals surface area contributed by atoms with Gasteiger partial charge >= 0.3 is 0 Å². The summed E-state index contributed by atoms with van der Waals surface area (Å²) in [5.74, 6) is 1.90. The number of hydrogen-bond acceptors (Lipinski definition) is 7. The van der Waals surface area contributed by atoms with Crippen LogP contribution in [0.4, 0.5) is 4.39 Å². The Morgan fingerprint density at radius 3 is 2.12 bits per heavy atom. The van der Waals surface area contributed by atoms with E-state index >= 15 is 4.39 Å². The van der Waals surface area contributed by atoms with Gasteiger partial charge in [-0.1, -0.05) is 60.7 Å². The predicted molar refractivity (Wildman–Crippen MR) is 227 cm³/mol. The van der Waals surface area contributed by atoms with Crippen molar-refractivity contribution in [3.63, 3.8) is 0 Å². The molecule has 2 amide bonds. The minimum Gasteiger partial charge on any atom is -0.508 e. The van der Waals surface area contributed by atoms with Crippen molar-refractivity contribution in [2.45, 2.75) is 70.0 Å². The van der Waals surface area contributed by atoms with Gasteiger partial charge in [-0.05, 0) is 151 Å². The Morgan fingerprint density at radius 2 is 1.45 bits per heavy atom. The third-order valence-corrected chi connectivity index (χ3v) is 12.9. The van der Waals surface area contributed by atoms with Crippen molar-refractivity contribution in [3.8, 4) is 11.5 Å². The van der Waals surface area contributed by atoms with Crippen LogP contribution in [0, 0.1) is 11.7 Å². The number of phenolic OH excluding ortho intramolecular Hbond substituents is 1. The van der Waals surface area contributed by atoms with Gasteiger partial charge < -0.3 is 14.7 Å². The first-order valence-corrected chi connectivity index (χ1v) is 21.6. The average Bonchev–Trinajstić information content (AvgIpc) is 3.65. The van der Waals surface area contributed by atoms with Crippen LogP contribution in [0.1, 0.15) is 84.2 Å². The molecule has 3 saturated heterocycles. The van der Waals surface area contributed by atoms with Crippen molar-refractivity contribution >= 4 is 34.6 Å². The van der Waals surface area contributed by atoms with Crippen LogP contribution in [0.15, 0.2) is 91.0 Å². The number of allylic oxidation sites excluding steroid dienone is 1. The van der Waals surface area contributed by atoms with E-state index in [1.807, 2.05) is 42.5 Å². The molecule has 4 aliphatic rings. The second kappa shape index (κ2) is 18.6. The van der Waals surface area contributed by atoms with Gasteiger partial charge in [-0.25, -0.2) is 4.39 Å². The highest BCUT2D eigenvalue weighted by atomic mass is 35.5. The number of fused-ring (bicyclic) bond motifs is 1. The molecule has 4 heterocycles. The molecule has 8 rings (SSSR count). The van der Waals surface area contributed by atoms with E-state index in [-0.39, 0.29) is 35.3 Å². The number of phenols is 1. The minimum atomic E-state index is -0.332. The van der Waals surface area contributed by atoms with Crippen LogP contribution in [0.5, 0.6) is 11.5 Å². The fourth-order valence-corrected chi connectivity index (χ4v) is 9.70. The van der Waals surface area contributed by atoms with Gasteiger partial charge in [-0.2, -0.15) is 0 Å². The van der Waals surface area contributed by atoms with Crippen LogP contribution in [-0.4, -0.2) is 89.4 Å². The summed E-state index contributed by atoms with van der Waals surface area (Å²) in [5.41, 5.74) is 8.39. The molecule has 4 aromatic rings. The minimum absolute atomic E-state index is 0.122. The summed E-state index contributed by atoms with van der Waals surface area (Å²) in [5, 5.41) is 12.4. The zero-order chi connectivity index (χ0) is 40.0. The summed E-state index contributed by atoms with van der Waals surface area (Å²) < 4.78 is 21.7. The number of ether oxygens (including phenoxy) is 1. The maximum absolute atomic E-state index is 15.5. The van der Waals surface area contributed by atoms with Gasteiger partial charge in [0.2, 0.25) is 11.8 Å². The number of carbonyl (C=O) groups is 2. The first-order valence-electron chi connectivity index (χ1n) is 21.0. The van der Waals surface area contributed by atoms with E-state index in [1.54, 1.807) is 18.2 Å². The first-order chi connectivity index (χ1) is 28.3. The van der Waals surface area contributed by atoms with E-state index in [9.17, 15) is 14.7 Å². The van der Waals surface area contributed by atoms with E-state index < -0.39 is 0 Å². The lowest BCUT2D eigenvalue weighted by Gasteiger charge is -2.38. The molecule has 0 radical (unpaired) electrons. The van der Waals surface area contributed by atoms with Crippen molar-refractivity contribution in [1.29, 1.82) is 0 Å². The third-order valence-electron chi connectivity index (χ3n) is 12.7. The number of piperidine rings is 3. The summed E-state index contributed by atoms with van der Waals surface area (Å²) in [7, 11) is 0. The Balaban J connectivity index is 0.787. The third kappa shape index (κ3) is 9.50. The largest absolute Gasteiger partial charge is 0.508 e. The van der Waals surface area contributed by atoms with Gasteiger partial charge in [-0.15, -0.1) is 11.6 Å². The number of halogens is 2. The van der Waals surface area contributed by atoms with E-state index in [0.717, 1.165) is 102 Å². The highest BCUT2D eigenvalue weighted by molar-refractivity contribution is 6.18. The molecule has 3 fully saturated rings. The lowest BCUT2D eigenvalue weighted by molar-refractivity contribution is -0.137. The lowest BCUT2D eigenvalue weighted by Crippen LogP contribution is -2.50. The Hall–Kier alpha value is -4.54. The number of nitrogens with one attached hydrogen (secondary N) is 1. The maximum atomic E-state index is 15.5. The summed E-state index contributed by atoms with van der Waals surface area (Å²) in [6.45, 7) is 7.93. The summed E-state index contributed by atoms with van der Waals surface area (Å²) in [6.07, 6.45) is 5.85. The van der Waals surface area contributed by atoms with Crippen LogP contribution >= 0.6 is 11.6 Å². The summed E-state index contributed by atoms with van der Waals surface area (Å²) in [6, 6.07) is 29.5. The number of aromatic hydroxyl groups is 1. The van der Waals surface area contributed by atoms with E-state index in [4.69, 9.17) is 16.3 Å². The van der Waals surface area contributed by atoms with Crippen LogP contribution in [-0.2, 0) is 22.7 Å². The first kappa shape index (κ1) is 40.2. The van der Waals surface area contributed by atoms with Gasteiger partial charge in [0.05, 0.1) is 6.04 Å². The number of likely N-dealkylation sites (tertiary alicyclic amines) is 2. The fourth-order valence-electron chi connectivity index (χ4n) is 9.52. The molecule has 1 unspecified atom stereocenters. The van der Waals surface area contributed by atoms with Crippen LogP contribution < -0.4 is 10.1 Å². The number of hydrogen-bond donors (Lipinski definition) is 2. The number of nitrogens with zero attached hydrogens (tertiary/aromatic N) is 3. The van der Waals surface area contributed by atoms with Crippen molar-refractivity contribution in [1.82, 2.24) is 20.0 Å². The molecule has 4 aromatic carbocycles. The number of alkyl halides is 1. The number of rotatable bonds is 13. The molecule has 4 aliphatic heterocycles. The standard InChI is InChI=1S/C48H54ClFN4O4/c49-21-16-42(34-4-2-1-3-5-34)47(36-6-10-40(55)11-7-36)37-8-12-41(13-9-37)58-27-26-52-22-17-33(18-23-52)30-53-24-19-35(20-25-53)43-28-38-31-54(32-39(38)29-44(43)50)45-14-15-46(56)51-48(45)57/h1-13,28-29,33,35,45,55H,14-27,30-32H2,(H,51,56,57). The highest BCUT2D eigenvalue weighted by Gasteiger charge is 2.36. The van der Waals surface area contributed by atoms with Crippen LogP contribution in [0.2, 0.25) is 0 Å². The lowest BCUT2D eigenvalue weighted by atomic mass is 9.86. The predicted octanol–water partition coefficient (Wildman–Crippen LogP) is 8.21. The zero-order valence-corrected chi connectivity index (χ0v) is 33.9. The molecule has 8 nitrogen and oxygen atoms in total. The van der Waals surface area contributed by atoms with Gasteiger partial charge in [0.25, 0.3) is 0 Å². The Morgan fingerprint density at radius 1 is 0.793 bits per heavy atom. The number of benzene rings is 4. The highest BCUT2D eigenvalue weighted by Crippen LogP contribution is 2.38. The number of carbonyl (C=O) groups excluding carboxylic acids is 2. The van der Waals surface area contributed by atoms with Crippen molar-refractivity contribution in [2.75, 3.05) is 51.8 Å². The maximum Gasteiger partial charge on any atom is 0.243 e. The van der Waals surface area contributed by atoms with Gasteiger partial charge in [0.15, 0.2) is 0 Å². The molecule has 10 heteroatoms. The monoisotopic (exact) mass is 804 g/mol. The second-order valence-electron chi connectivity index (χ2n) is 16.5. The number of amides is 2. The van der Waals surface area contributed by atoms with Crippen LogP contribution in [0.3, 0.4) is 0 Å². The SMILES string of the molecule is O=C1CCC(N2Cc3cc(F)c(C4CCN(CC5CCN(CCOc6ccc(C(=C(CCCl)c7ccccc7)c7ccc(O)cc7)cc6)CC5)CC4)cc3C2)C(=O)N1. The topological polar surface area (TPSA) is 85.4 Å². The summed E-state index contributed by atoms with van der Waals surface area (Å²) >= 11 is 6.33. The Bertz CT molecular complexity index is 2080. The molecule has 58 heavy (non-hydrogen) atoms. The smallest absolute Gasteiger partial charge is 0.243 e. The Kier molecular flexibility index (Phi) is 12.9. The molecule has 2 N–H and O–H groups in total. The molecule has 1 atom stereocenters.